The van der Waals surface area contributed by atoms with Crippen LogP contribution in [0.25, 0.3) is 0 Å². The number of benzene rings is 2. The summed E-state index contributed by atoms with van der Waals surface area (Å²) in [5, 5.41) is 0. The summed E-state index contributed by atoms with van der Waals surface area (Å²) in [5.41, 5.74) is 3.43. The number of halogens is 1. The maximum absolute atomic E-state index is 11.8. The van der Waals surface area contributed by atoms with E-state index in [9.17, 15) is 4.79 Å². The highest BCUT2D eigenvalue weighted by molar-refractivity contribution is 9.10. The van der Waals surface area contributed by atoms with E-state index in [4.69, 9.17) is 9.47 Å². The average Bonchev–Trinajstić information content (AvgIpc) is 2.92. The van der Waals surface area contributed by atoms with Crippen molar-refractivity contribution in [1.29, 1.82) is 0 Å². The van der Waals surface area contributed by atoms with Gasteiger partial charge in [-0.1, -0.05) is 40.2 Å². The molecule has 0 bridgehead atoms. The number of hydrogen-bond acceptors (Lipinski definition) is 3. The molecule has 0 amide bonds. The van der Waals surface area contributed by atoms with E-state index in [2.05, 4.69) is 34.1 Å². The van der Waals surface area contributed by atoms with Crippen molar-refractivity contribution in [1.82, 2.24) is 0 Å². The number of rotatable bonds is 5. The first-order chi connectivity index (χ1) is 11.2. The Labute approximate surface area is 144 Å². The minimum atomic E-state index is -0.224. The summed E-state index contributed by atoms with van der Waals surface area (Å²) in [6.45, 7) is 2.21. The van der Waals surface area contributed by atoms with Crippen molar-refractivity contribution in [2.45, 2.75) is 32.3 Å². The van der Waals surface area contributed by atoms with Crippen LogP contribution in [0.5, 0.6) is 5.75 Å². The number of para-hydroxylation sites is 1. The predicted octanol–water partition coefficient (Wildman–Crippen LogP) is 4.62. The Hall–Kier alpha value is -1.81. The predicted molar refractivity (Wildman–Crippen MR) is 92.6 cm³/mol. The fourth-order valence-corrected chi connectivity index (χ4v) is 3.32. The number of esters is 1. The first kappa shape index (κ1) is 16.1. The molecule has 1 aliphatic carbocycles. The highest BCUT2D eigenvalue weighted by Crippen LogP contribution is 2.37. The number of ether oxygens (including phenoxy) is 2. The van der Waals surface area contributed by atoms with Gasteiger partial charge in [0.15, 0.2) is 0 Å². The highest BCUT2D eigenvalue weighted by atomic mass is 79.9. The third kappa shape index (κ3) is 3.75. The quantitative estimate of drug-likeness (QED) is 0.716. The lowest BCUT2D eigenvalue weighted by Gasteiger charge is -2.18. The second-order valence-electron chi connectivity index (χ2n) is 5.58. The zero-order valence-electron chi connectivity index (χ0n) is 13.0. The molecule has 0 saturated heterocycles. The molecular formula is C19H19BrO3. The van der Waals surface area contributed by atoms with Gasteiger partial charge in [-0.25, -0.2) is 0 Å². The van der Waals surface area contributed by atoms with Crippen LogP contribution in [0.15, 0.2) is 46.9 Å². The Bertz CT molecular complexity index is 712. The maximum Gasteiger partial charge on any atom is 0.310 e. The Kier molecular flexibility index (Phi) is 5.01. The van der Waals surface area contributed by atoms with Crippen LogP contribution in [0.3, 0.4) is 0 Å². The number of carbonyl (C=O) groups is 1. The Morgan fingerprint density at radius 3 is 2.91 bits per heavy atom. The van der Waals surface area contributed by atoms with Crippen molar-refractivity contribution in [2.24, 2.45) is 0 Å². The van der Waals surface area contributed by atoms with Crippen molar-refractivity contribution in [2.75, 3.05) is 6.61 Å². The van der Waals surface area contributed by atoms with Crippen LogP contribution in [0.1, 0.15) is 36.1 Å². The normalized spacial score (nSPS) is 16.0. The fourth-order valence-electron chi connectivity index (χ4n) is 2.94. The molecule has 0 aromatic heterocycles. The van der Waals surface area contributed by atoms with Crippen molar-refractivity contribution in [3.63, 3.8) is 0 Å². The molecule has 0 fully saturated rings. The van der Waals surface area contributed by atoms with Gasteiger partial charge in [0, 0.05) is 10.0 Å². The highest BCUT2D eigenvalue weighted by Gasteiger charge is 2.25. The molecule has 0 radical (unpaired) electrons. The van der Waals surface area contributed by atoms with Gasteiger partial charge in [0.25, 0.3) is 0 Å². The minimum absolute atomic E-state index is 0.0332. The number of fused-ring (bicyclic) bond motifs is 1. The summed E-state index contributed by atoms with van der Waals surface area (Å²) >= 11 is 3.53. The number of aryl methyl sites for hydroxylation is 1. The van der Waals surface area contributed by atoms with Crippen LogP contribution in [0, 0.1) is 0 Å². The summed E-state index contributed by atoms with van der Waals surface area (Å²) in [5.74, 6) is 0.538. The van der Waals surface area contributed by atoms with Gasteiger partial charge in [-0.2, -0.15) is 0 Å². The van der Waals surface area contributed by atoms with Gasteiger partial charge in [0.05, 0.1) is 13.0 Å². The second kappa shape index (κ2) is 7.18. The average molecular weight is 375 g/mol. The Morgan fingerprint density at radius 1 is 1.26 bits per heavy atom. The summed E-state index contributed by atoms with van der Waals surface area (Å²) in [7, 11) is 0. The zero-order valence-corrected chi connectivity index (χ0v) is 14.6. The van der Waals surface area contributed by atoms with Gasteiger partial charge >= 0.3 is 5.97 Å². The lowest BCUT2D eigenvalue weighted by molar-refractivity contribution is -0.142. The lowest BCUT2D eigenvalue weighted by Crippen LogP contribution is -2.10. The number of carbonyl (C=O) groups excluding carboxylic acids is 1. The van der Waals surface area contributed by atoms with Crippen molar-refractivity contribution in [3.05, 3.63) is 63.6 Å². The molecular weight excluding hydrogens is 356 g/mol. The van der Waals surface area contributed by atoms with E-state index in [1.807, 2.05) is 31.2 Å². The van der Waals surface area contributed by atoms with E-state index in [1.54, 1.807) is 0 Å². The molecule has 0 aliphatic heterocycles. The molecule has 120 valence electrons. The topological polar surface area (TPSA) is 35.5 Å². The van der Waals surface area contributed by atoms with Gasteiger partial charge in [-0.15, -0.1) is 0 Å². The summed E-state index contributed by atoms with van der Waals surface area (Å²) < 4.78 is 12.3. The molecule has 0 heterocycles. The molecule has 3 nitrogen and oxygen atoms in total. The maximum atomic E-state index is 11.8. The molecule has 0 saturated carbocycles. The molecule has 0 N–H and O–H groups in total. The van der Waals surface area contributed by atoms with E-state index < -0.39 is 0 Å². The van der Waals surface area contributed by atoms with Crippen LogP contribution in [-0.2, 0) is 22.4 Å². The van der Waals surface area contributed by atoms with Gasteiger partial charge in [-0.05, 0) is 49.1 Å². The van der Waals surface area contributed by atoms with E-state index >= 15 is 0 Å². The zero-order chi connectivity index (χ0) is 16.2. The van der Waals surface area contributed by atoms with Crippen LogP contribution in [-0.4, -0.2) is 12.6 Å². The fraction of sp³-hybridized carbons (Fsp3) is 0.316. The molecule has 2 aromatic rings. The van der Waals surface area contributed by atoms with Gasteiger partial charge in [-0.3, -0.25) is 4.79 Å². The molecule has 1 aliphatic rings. The van der Waals surface area contributed by atoms with Crippen LogP contribution >= 0.6 is 15.9 Å². The first-order valence-corrected chi connectivity index (χ1v) is 8.65. The first-order valence-electron chi connectivity index (χ1n) is 7.86. The molecule has 3 rings (SSSR count). The summed E-state index contributed by atoms with van der Waals surface area (Å²) in [4.78, 5) is 11.8. The van der Waals surface area contributed by atoms with Crippen molar-refractivity contribution < 1.29 is 14.3 Å². The largest absolute Gasteiger partial charge is 0.485 e. The van der Waals surface area contributed by atoms with Crippen LogP contribution in [0.2, 0.25) is 0 Å². The third-order valence-corrected chi connectivity index (χ3v) is 4.51. The van der Waals surface area contributed by atoms with E-state index in [0.717, 1.165) is 28.6 Å². The molecule has 0 unspecified atom stereocenters. The SMILES string of the molecule is CCOC(=O)Cc1ccccc1O[C@H]1CCc2ccc(Br)cc21. The Morgan fingerprint density at radius 2 is 2.09 bits per heavy atom. The smallest absolute Gasteiger partial charge is 0.310 e. The molecule has 0 spiro atoms. The van der Waals surface area contributed by atoms with Crippen molar-refractivity contribution in [3.8, 4) is 5.75 Å². The standard InChI is InChI=1S/C19H19BrO3/c1-2-22-19(21)11-14-5-3-4-6-17(14)23-18-10-8-13-7-9-15(20)12-16(13)18/h3-7,9,12,18H,2,8,10-11H2,1H3/t18-/m0/s1. The van der Waals surface area contributed by atoms with Gasteiger partial charge in [0.2, 0.25) is 0 Å². The van der Waals surface area contributed by atoms with E-state index in [0.29, 0.717) is 6.61 Å². The van der Waals surface area contributed by atoms with Crippen molar-refractivity contribution >= 4 is 21.9 Å². The monoisotopic (exact) mass is 374 g/mol. The van der Waals surface area contributed by atoms with Gasteiger partial charge in [0.1, 0.15) is 11.9 Å². The minimum Gasteiger partial charge on any atom is -0.485 e. The molecule has 1 atom stereocenters. The second-order valence-corrected chi connectivity index (χ2v) is 6.49. The van der Waals surface area contributed by atoms with Crippen LogP contribution < -0.4 is 4.74 Å². The molecule has 4 heteroatoms. The summed E-state index contributed by atoms with van der Waals surface area (Å²) in [6.07, 6.45) is 2.25. The summed E-state index contributed by atoms with van der Waals surface area (Å²) in [6, 6.07) is 14.0. The number of hydrogen-bond donors (Lipinski definition) is 0. The van der Waals surface area contributed by atoms with E-state index in [1.165, 1.54) is 11.1 Å². The Balaban J connectivity index is 1.80. The van der Waals surface area contributed by atoms with Gasteiger partial charge < -0.3 is 9.47 Å². The van der Waals surface area contributed by atoms with Crippen LogP contribution in [0.4, 0.5) is 0 Å². The van der Waals surface area contributed by atoms with E-state index in [-0.39, 0.29) is 18.5 Å². The molecule has 23 heavy (non-hydrogen) atoms. The molecule has 2 aromatic carbocycles. The lowest BCUT2D eigenvalue weighted by atomic mass is 10.1. The third-order valence-electron chi connectivity index (χ3n) is 4.01.